The second-order valence-electron chi connectivity index (χ2n) is 6.81. The Bertz CT molecular complexity index is 555. The Kier molecular flexibility index (Phi) is 5.37. The molecule has 3 nitrogen and oxygen atoms in total. The average molecular weight is 334 g/mol. The van der Waals surface area contributed by atoms with Crippen molar-refractivity contribution >= 4 is 23.3 Å². The van der Waals surface area contributed by atoms with Gasteiger partial charge in [0.15, 0.2) is 5.78 Å². The number of piperidine rings is 1. The van der Waals surface area contributed by atoms with Crippen LogP contribution in [0.3, 0.4) is 0 Å². The van der Waals surface area contributed by atoms with Crippen LogP contribution >= 0.6 is 11.6 Å². The lowest BCUT2D eigenvalue weighted by atomic mass is 9.85. The van der Waals surface area contributed by atoms with E-state index in [2.05, 4.69) is 0 Å². The number of halogens is 1. The van der Waals surface area contributed by atoms with Gasteiger partial charge in [-0.1, -0.05) is 30.9 Å². The number of hydrogen-bond donors (Lipinski definition) is 0. The third kappa shape index (κ3) is 3.95. The highest BCUT2D eigenvalue weighted by Crippen LogP contribution is 2.28. The number of benzene rings is 1. The van der Waals surface area contributed by atoms with Crippen molar-refractivity contribution in [3.8, 4) is 0 Å². The van der Waals surface area contributed by atoms with Crippen molar-refractivity contribution < 1.29 is 9.59 Å². The highest BCUT2D eigenvalue weighted by atomic mass is 35.5. The number of carbonyl (C=O) groups is 2. The van der Waals surface area contributed by atoms with Gasteiger partial charge in [-0.3, -0.25) is 9.59 Å². The van der Waals surface area contributed by atoms with Crippen LogP contribution in [0.1, 0.15) is 55.3 Å². The number of amides is 1. The fourth-order valence-corrected chi connectivity index (χ4v) is 3.95. The van der Waals surface area contributed by atoms with Crippen LogP contribution in [0.4, 0.5) is 0 Å². The van der Waals surface area contributed by atoms with Gasteiger partial charge in [0.1, 0.15) is 0 Å². The largest absolute Gasteiger partial charge is 0.342 e. The zero-order valence-corrected chi connectivity index (χ0v) is 14.2. The molecule has 1 amide bonds. The summed E-state index contributed by atoms with van der Waals surface area (Å²) < 4.78 is 0. The predicted molar refractivity (Wildman–Crippen MR) is 91.7 cm³/mol. The van der Waals surface area contributed by atoms with Crippen LogP contribution in [-0.2, 0) is 4.79 Å². The van der Waals surface area contributed by atoms with E-state index < -0.39 is 0 Å². The lowest BCUT2D eigenvalue weighted by molar-refractivity contribution is -0.137. The molecule has 23 heavy (non-hydrogen) atoms. The van der Waals surface area contributed by atoms with E-state index in [1.54, 1.807) is 24.3 Å². The first-order valence-corrected chi connectivity index (χ1v) is 9.11. The highest BCUT2D eigenvalue weighted by Gasteiger charge is 2.31. The maximum absolute atomic E-state index is 12.6. The van der Waals surface area contributed by atoms with Gasteiger partial charge in [-0.05, 0) is 49.9 Å². The molecular formula is C19H24ClNO2. The number of hydrogen-bond acceptors (Lipinski definition) is 2. The quantitative estimate of drug-likeness (QED) is 0.771. The molecule has 1 aliphatic heterocycles. The summed E-state index contributed by atoms with van der Waals surface area (Å²) >= 11 is 5.87. The van der Waals surface area contributed by atoms with Crippen molar-refractivity contribution in [3.63, 3.8) is 0 Å². The van der Waals surface area contributed by atoms with Gasteiger partial charge in [-0.15, -0.1) is 0 Å². The van der Waals surface area contributed by atoms with Crippen molar-refractivity contribution in [2.75, 3.05) is 13.1 Å². The van der Waals surface area contributed by atoms with Gasteiger partial charge in [-0.2, -0.15) is 0 Å². The van der Waals surface area contributed by atoms with Crippen molar-refractivity contribution in [1.82, 2.24) is 4.90 Å². The van der Waals surface area contributed by atoms with Crippen molar-refractivity contribution in [2.24, 2.45) is 11.8 Å². The molecule has 0 aromatic heterocycles. The molecule has 2 fully saturated rings. The number of Topliss-reactive ketones (excluding diaryl/α,β-unsaturated/α-hetero) is 1. The molecule has 3 rings (SSSR count). The summed E-state index contributed by atoms with van der Waals surface area (Å²) in [6.45, 7) is 1.44. The summed E-state index contributed by atoms with van der Waals surface area (Å²) in [5.41, 5.74) is 0.728. The maximum Gasteiger partial charge on any atom is 0.225 e. The maximum atomic E-state index is 12.6. The summed E-state index contributed by atoms with van der Waals surface area (Å²) in [5, 5.41) is 0.648. The second kappa shape index (κ2) is 7.48. The van der Waals surface area contributed by atoms with Crippen LogP contribution in [-0.4, -0.2) is 29.7 Å². The van der Waals surface area contributed by atoms with Crippen molar-refractivity contribution in [3.05, 3.63) is 34.9 Å². The molecular weight excluding hydrogens is 310 g/mol. The third-order valence-corrected chi connectivity index (χ3v) is 5.51. The molecule has 2 aliphatic rings. The summed E-state index contributed by atoms with van der Waals surface area (Å²) in [4.78, 5) is 27.1. The van der Waals surface area contributed by atoms with Gasteiger partial charge in [0.2, 0.25) is 5.91 Å². The molecule has 1 aromatic carbocycles. The first-order chi connectivity index (χ1) is 11.1. The fraction of sp³-hybridized carbons (Fsp3) is 0.579. The van der Waals surface area contributed by atoms with Gasteiger partial charge in [0.05, 0.1) is 0 Å². The van der Waals surface area contributed by atoms with E-state index in [-0.39, 0.29) is 17.6 Å². The fourth-order valence-electron chi connectivity index (χ4n) is 3.82. The summed E-state index contributed by atoms with van der Waals surface area (Å²) in [6, 6.07) is 7.11. The van der Waals surface area contributed by atoms with Gasteiger partial charge in [-0.25, -0.2) is 0 Å². The Morgan fingerprint density at radius 3 is 2.09 bits per heavy atom. The molecule has 1 heterocycles. The van der Waals surface area contributed by atoms with Crippen LogP contribution in [0.2, 0.25) is 5.02 Å². The van der Waals surface area contributed by atoms with E-state index >= 15 is 0 Å². The average Bonchev–Trinajstić information content (AvgIpc) is 2.62. The second-order valence-corrected chi connectivity index (χ2v) is 7.24. The van der Waals surface area contributed by atoms with Gasteiger partial charge in [0, 0.05) is 35.5 Å². The molecule has 124 valence electrons. The molecule has 0 bridgehead atoms. The minimum atomic E-state index is 0.0339. The first-order valence-electron chi connectivity index (χ1n) is 8.74. The topological polar surface area (TPSA) is 37.4 Å². The zero-order chi connectivity index (χ0) is 16.2. The van der Waals surface area contributed by atoms with Gasteiger partial charge >= 0.3 is 0 Å². The molecule has 1 aromatic rings. The Morgan fingerprint density at radius 2 is 1.48 bits per heavy atom. The van der Waals surface area contributed by atoms with Crippen molar-refractivity contribution in [1.29, 1.82) is 0 Å². The molecule has 0 spiro atoms. The Balaban J connectivity index is 1.54. The molecule has 0 unspecified atom stereocenters. The van der Waals surface area contributed by atoms with Crippen molar-refractivity contribution in [2.45, 2.75) is 44.9 Å². The van der Waals surface area contributed by atoms with E-state index in [1.165, 1.54) is 19.3 Å². The zero-order valence-electron chi connectivity index (χ0n) is 13.5. The van der Waals surface area contributed by atoms with Crippen LogP contribution in [0.25, 0.3) is 0 Å². The van der Waals surface area contributed by atoms with E-state index in [0.29, 0.717) is 10.9 Å². The molecule has 1 saturated heterocycles. The third-order valence-electron chi connectivity index (χ3n) is 5.26. The monoisotopic (exact) mass is 333 g/mol. The molecule has 4 heteroatoms. The Morgan fingerprint density at radius 1 is 0.870 bits per heavy atom. The summed E-state index contributed by atoms with van der Waals surface area (Å²) in [5.74, 6) is 0.771. The number of rotatable bonds is 3. The summed E-state index contributed by atoms with van der Waals surface area (Å²) in [7, 11) is 0. The van der Waals surface area contributed by atoms with Crippen LogP contribution in [0.15, 0.2) is 24.3 Å². The molecule has 0 N–H and O–H groups in total. The lowest BCUT2D eigenvalue weighted by Gasteiger charge is -2.34. The van der Waals surface area contributed by atoms with Crippen LogP contribution < -0.4 is 0 Å². The highest BCUT2D eigenvalue weighted by molar-refractivity contribution is 6.30. The normalized spacial score (nSPS) is 20.5. The number of carbonyl (C=O) groups excluding carboxylic acids is 2. The number of likely N-dealkylation sites (tertiary alicyclic amines) is 1. The van der Waals surface area contributed by atoms with Gasteiger partial charge < -0.3 is 4.90 Å². The standard InChI is InChI=1S/C19H24ClNO2/c20-17-8-6-14(7-9-17)18(22)15-10-12-21(13-11-15)19(23)16-4-2-1-3-5-16/h6-9,15-16H,1-5,10-13H2. The SMILES string of the molecule is O=C(c1ccc(Cl)cc1)C1CCN(C(=O)C2CCCCC2)CC1. The van der Waals surface area contributed by atoms with Crippen LogP contribution in [0, 0.1) is 11.8 Å². The minimum Gasteiger partial charge on any atom is -0.342 e. The molecule has 0 radical (unpaired) electrons. The van der Waals surface area contributed by atoms with E-state index in [4.69, 9.17) is 11.6 Å². The smallest absolute Gasteiger partial charge is 0.225 e. The number of ketones is 1. The van der Waals surface area contributed by atoms with Gasteiger partial charge in [0.25, 0.3) is 0 Å². The Hall–Kier alpha value is -1.35. The minimum absolute atomic E-state index is 0.0339. The Labute approximate surface area is 143 Å². The first kappa shape index (κ1) is 16.5. The van der Waals surface area contributed by atoms with E-state index in [1.807, 2.05) is 4.90 Å². The molecule has 1 aliphatic carbocycles. The molecule has 0 atom stereocenters. The van der Waals surface area contributed by atoms with Crippen LogP contribution in [0.5, 0.6) is 0 Å². The van der Waals surface area contributed by atoms with E-state index in [9.17, 15) is 9.59 Å². The number of nitrogens with zero attached hydrogens (tertiary/aromatic N) is 1. The summed E-state index contributed by atoms with van der Waals surface area (Å²) in [6.07, 6.45) is 7.27. The molecule has 1 saturated carbocycles. The lowest BCUT2D eigenvalue weighted by Crippen LogP contribution is -2.43. The van der Waals surface area contributed by atoms with E-state index in [0.717, 1.165) is 44.3 Å². The predicted octanol–water partition coefficient (Wildman–Crippen LogP) is 4.34.